The highest BCUT2D eigenvalue weighted by atomic mass is 19.1. The summed E-state index contributed by atoms with van der Waals surface area (Å²) >= 11 is 0. The van der Waals surface area contributed by atoms with E-state index in [2.05, 4.69) is 0 Å². The number of ketones is 3. The zero-order valence-corrected chi connectivity index (χ0v) is 17.4. The van der Waals surface area contributed by atoms with Crippen molar-refractivity contribution < 1.29 is 33.4 Å². The molecule has 3 saturated carbocycles. The smallest absolute Gasteiger partial charge is 0.303 e. The molecule has 7 heteroatoms. The van der Waals surface area contributed by atoms with Gasteiger partial charge in [-0.1, -0.05) is 19.9 Å². The van der Waals surface area contributed by atoms with Crippen LogP contribution in [0, 0.1) is 28.6 Å². The molecule has 30 heavy (non-hydrogen) atoms. The normalized spacial score (nSPS) is 44.6. The second-order valence-corrected chi connectivity index (χ2v) is 9.73. The molecular formula is C23H27FO6. The number of Topliss-reactive ketones (excluding diaryl/α,β-unsaturated/α-hetero) is 2. The molecule has 0 unspecified atom stereocenters. The third kappa shape index (κ3) is 2.70. The molecule has 6 nitrogen and oxygen atoms in total. The third-order valence-electron chi connectivity index (χ3n) is 8.26. The molecule has 7 atom stereocenters. The lowest BCUT2D eigenvalue weighted by molar-refractivity contribution is -0.173. The molecule has 0 radical (unpaired) electrons. The summed E-state index contributed by atoms with van der Waals surface area (Å²) in [6, 6.07) is 0. The highest BCUT2D eigenvalue weighted by Crippen LogP contribution is 2.66. The van der Waals surface area contributed by atoms with Gasteiger partial charge in [0.2, 0.25) is 5.78 Å². The average Bonchev–Trinajstić information content (AvgIpc) is 2.93. The summed E-state index contributed by atoms with van der Waals surface area (Å²) in [4.78, 5) is 49.2. The van der Waals surface area contributed by atoms with Gasteiger partial charge in [-0.05, 0) is 48.8 Å². The molecule has 0 heterocycles. The number of aliphatic hydroxyl groups is 1. The first kappa shape index (κ1) is 21.1. The lowest BCUT2D eigenvalue weighted by Gasteiger charge is -2.57. The molecule has 0 aromatic carbocycles. The Bertz CT molecular complexity index is 905. The molecule has 162 valence electrons. The zero-order chi connectivity index (χ0) is 22.1. The van der Waals surface area contributed by atoms with Gasteiger partial charge in [0.25, 0.3) is 0 Å². The van der Waals surface area contributed by atoms with Crippen LogP contribution < -0.4 is 0 Å². The van der Waals surface area contributed by atoms with Crippen molar-refractivity contribution in [2.75, 3.05) is 6.61 Å². The molecule has 1 N–H and O–H groups in total. The summed E-state index contributed by atoms with van der Waals surface area (Å²) in [6.45, 7) is 4.17. The van der Waals surface area contributed by atoms with Crippen LogP contribution in [0.25, 0.3) is 0 Å². The van der Waals surface area contributed by atoms with Crippen LogP contribution in [0.1, 0.15) is 46.5 Å². The number of rotatable bonds is 3. The number of halogens is 1. The Hall–Kier alpha value is -2.15. The fourth-order valence-corrected chi connectivity index (χ4v) is 6.79. The highest BCUT2D eigenvalue weighted by Gasteiger charge is 2.69. The van der Waals surface area contributed by atoms with Crippen LogP contribution in [0.5, 0.6) is 0 Å². The van der Waals surface area contributed by atoms with E-state index in [1.165, 1.54) is 19.1 Å². The molecule has 0 saturated heterocycles. The van der Waals surface area contributed by atoms with Crippen molar-refractivity contribution in [2.24, 2.45) is 28.6 Å². The molecule has 4 rings (SSSR count). The highest BCUT2D eigenvalue weighted by molar-refractivity contribution is 6.02. The monoisotopic (exact) mass is 418 g/mol. The van der Waals surface area contributed by atoms with Gasteiger partial charge < -0.3 is 9.84 Å². The summed E-state index contributed by atoms with van der Waals surface area (Å²) in [5, 5.41) is 11.4. The SMILES string of the molecule is CC(=O)OCC(=O)[C@@]1(O)CC[C@H]2[C@@H]3C[C@H](F)C4=CC(=O)C=C[C@]4(C)[C@H]3C(=O)C[C@@]21C. The topological polar surface area (TPSA) is 97.7 Å². The summed E-state index contributed by atoms with van der Waals surface area (Å²) in [5.74, 6) is -2.71. The number of esters is 1. The van der Waals surface area contributed by atoms with Gasteiger partial charge >= 0.3 is 5.97 Å². The van der Waals surface area contributed by atoms with Crippen LogP contribution in [-0.2, 0) is 23.9 Å². The van der Waals surface area contributed by atoms with Crippen LogP contribution in [0.2, 0.25) is 0 Å². The predicted octanol–water partition coefficient (Wildman–Crippen LogP) is 2.28. The van der Waals surface area contributed by atoms with E-state index in [0.29, 0.717) is 12.0 Å². The minimum atomic E-state index is -1.80. The van der Waals surface area contributed by atoms with Gasteiger partial charge in [-0.25, -0.2) is 4.39 Å². The molecule has 0 aromatic rings. The minimum Gasteiger partial charge on any atom is -0.458 e. The summed E-state index contributed by atoms with van der Waals surface area (Å²) < 4.78 is 20.0. The Morgan fingerprint density at radius 1 is 1.30 bits per heavy atom. The number of alkyl halides is 1. The maximum absolute atomic E-state index is 15.2. The van der Waals surface area contributed by atoms with E-state index in [1.54, 1.807) is 19.9 Å². The Kier molecular flexibility index (Phi) is 4.69. The van der Waals surface area contributed by atoms with E-state index in [4.69, 9.17) is 4.74 Å². The van der Waals surface area contributed by atoms with Crippen molar-refractivity contribution >= 4 is 23.3 Å². The van der Waals surface area contributed by atoms with Gasteiger partial charge in [-0.2, -0.15) is 0 Å². The van der Waals surface area contributed by atoms with Gasteiger partial charge in [0.05, 0.1) is 0 Å². The number of hydrogen-bond acceptors (Lipinski definition) is 6. The van der Waals surface area contributed by atoms with E-state index in [0.717, 1.165) is 0 Å². The minimum absolute atomic E-state index is 0.0112. The van der Waals surface area contributed by atoms with Crippen molar-refractivity contribution in [3.8, 4) is 0 Å². The molecule has 0 aromatic heterocycles. The molecule has 0 aliphatic heterocycles. The van der Waals surface area contributed by atoms with Crippen LogP contribution in [0.15, 0.2) is 23.8 Å². The number of fused-ring (bicyclic) bond motifs is 5. The van der Waals surface area contributed by atoms with Gasteiger partial charge in [-0.3, -0.25) is 19.2 Å². The van der Waals surface area contributed by atoms with Crippen molar-refractivity contribution in [1.29, 1.82) is 0 Å². The number of ether oxygens (including phenoxy) is 1. The lowest BCUT2D eigenvalue weighted by atomic mass is 9.46. The third-order valence-corrected chi connectivity index (χ3v) is 8.26. The Morgan fingerprint density at radius 2 is 2.00 bits per heavy atom. The molecular weight excluding hydrogens is 391 g/mol. The summed E-state index contributed by atoms with van der Waals surface area (Å²) in [6.07, 6.45) is 3.72. The lowest BCUT2D eigenvalue weighted by Crippen LogP contribution is -2.61. The van der Waals surface area contributed by atoms with E-state index in [1.807, 2.05) is 0 Å². The van der Waals surface area contributed by atoms with E-state index in [9.17, 15) is 24.3 Å². The van der Waals surface area contributed by atoms with Gasteiger partial charge in [0.15, 0.2) is 12.4 Å². The van der Waals surface area contributed by atoms with Crippen molar-refractivity contribution in [1.82, 2.24) is 0 Å². The van der Waals surface area contributed by atoms with Crippen LogP contribution in [-0.4, -0.2) is 46.8 Å². The zero-order valence-electron chi connectivity index (χ0n) is 17.4. The first-order chi connectivity index (χ1) is 13.9. The van der Waals surface area contributed by atoms with Crippen LogP contribution >= 0.6 is 0 Å². The molecule has 0 spiro atoms. The fraction of sp³-hybridized carbons (Fsp3) is 0.652. The van der Waals surface area contributed by atoms with Gasteiger partial charge in [0, 0.05) is 30.1 Å². The Balaban J connectivity index is 1.71. The van der Waals surface area contributed by atoms with E-state index < -0.39 is 46.9 Å². The predicted molar refractivity (Wildman–Crippen MR) is 104 cm³/mol. The first-order valence-corrected chi connectivity index (χ1v) is 10.4. The summed E-state index contributed by atoms with van der Waals surface area (Å²) in [7, 11) is 0. The van der Waals surface area contributed by atoms with E-state index in [-0.39, 0.29) is 42.7 Å². The number of hydrogen-bond donors (Lipinski definition) is 1. The molecule has 0 bridgehead atoms. The molecule has 3 fully saturated rings. The van der Waals surface area contributed by atoms with Gasteiger partial charge in [-0.15, -0.1) is 0 Å². The quantitative estimate of drug-likeness (QED) is 0.707. The number of allylic oxidation sites excluding steroid dienone is 4. The van der Waals surface area contributed by atoms with E-state index >= 15 is 4.39 Å². The average molecular weight is 418 g/mol. The standard InChI is InChI=1S/C23H27FO6/c1-12(25)30-11-19(28)23(29)7-5-15-14-9-17(24)16-8-13(26)4-6-21(16,2)20(14)18(27)10-22(15,23)3/h4,6,8,14-15,17,20,29H,5,7,9-11H2,1-3H3/t14-,15-,17-,20+,21-,22-,23-/m0/s1. The van der Waals surface area contributed by atoms with Gasteiger partial charge in [0.1, 0.15) is 17.6 Å². The maximum atomic E-state index is 15.2. The van der Waals surface area contributed by atoms with Crippen LogP contribution in [0.3, 0.4) is 0 Å². The molecule has 4 aliphatic rings. The maximum Gasteiger partial charge on any atom is 0.303 e. The fourth-order valence-electron chi connectivity index (χ4n) is 6.79. The van der Waals surface area contributed by atoms with Crippen molar-refractivity contribution in [3.05, 3.63) is 23.8 Å². The second-order valence-electron chi connectivity index (χ2n) is 9.73. The number of carbonyl (C=O) groups is 4. The summed E-state index contributed by atoms with van der Waals surface area (Å²) in [5.41, 5.74) is -3.37. The Morgan fingerprint density at radius 3 is 2.67 bits per heavy atom. The molecule has 0 amide bonds. The number of carbonyl (C=O) groups excluding carboxylic acids is 4. The second kappa shape index (κ2) is 6.67. The Labute approximate surface area is 174 Å². The largest absolute Gasteiger partial charge is 0.458 e. The molecule has 4 aliphatic carbocycles. The van der Waals surface area contributed by atoms with Crippen molar-refractivity contribution in [2.45, 2.75) is 58.2 Å². The van der Waals surface area contributed by atoms with Crippen LogP contribution in [0.4, 0.5) is 4.39 Å². The first-order valence-electron chi connectivity index (χ1n) is 10.4. The van der Waals surface area contributed by atoms with Crippen molar-refractivity contribution in [3.63, 3.8) is 0 Å².